The van der Waals surface area contributed by atoms with Crippen molar-refractivity contribution in [3.63, 3.8) is 0 Å². The van der Waals surface area contributed by atoms with Gasteiger partial charge in [-0.25, -0.2) is 0 Å². The highest BCUT2D eigenvalue weighted by atomic mass is 16.5. The number of rotatable bonds is 5. The zero-order valence-electron chi connectivity index (χ0n) is 13.0. The van der Waals surface area contributed by atoms with E-state index in [1.165, 1.54) is 19.3 Å². The Balaban J connectivity index is 1.91. The summed E-state index contributed by atoms with van der Waals surface area (Å²) >= 11 is 0. The molecule has 1 aliphatic carbocycles. The van der Waals surface area contributed by atoms with Crippen LogP contribution in [-0.2, 0) is 9.53 Å². The summed E-state index contributed by atoms with van der Waals surface area (Å²) in [7, 11) is 0. The lowest BCUT2D eigenvalue weighted by molar-refractivity contribution is -0.149. The van der Waals surface area contributed by atoms with E-state index in [1.807, 2.05) is 11.8 Å². The molecule has 2 rings (SSSR count). The van der Waals surface area contributed by atoms with Crippen molar-refractivity contribution in [2.75, 3.05) is 13.1 Å². The summed E-state index contributed by atoms with van der Waals surface area (Å²) in [6.07, 6.45) is 7.86. The van der Waals surface area contributed by atoms with Crippen molar-refractivity contribution in [3.8, 4) is 0 Å². The average Bonchev–Trinajstić information content (AvgIpc) is 2.86. The third-order valence-electron chi connectivity index (χ3n) is 4.83. The second kappa shape index (κ2) is 7.41. The van der Waals surface area contributed by atoms with Crippen molar-refractivity contribution in [2.45, 2.75) is 77.0 Å². The number of nitrogens with zero attached hydrogens (tertiary/aromatic N) is 1. The molecule has 2 N–H and O–H groups in total. The lowest BCUT2D eigenvalue weighted by Gasteiger charge is -2.30. The zero-order chi connectivity index (χ0) is 14.5. The average molecular weight is 282 g/mol. The lowest BCUT2D eigenvalue weighted by Crippen LogP contribution is -2.44. The fourth-order valence-corrected chi connectivity index (χ4v) is 3.57. The number of hydrogen-bond acceptors (Lipinski definition) is 3. The fraction of sp³-hybridized carbons (Fsp3) is 0.938. The van der Waals surface area contributed by atoms with E-state index in [4.69, 9.17) is 10.5 Å². The van der Waals surface area contributed by atoms with Crippen molar-refractivity contribution in [2.24, 2.45) is 11.7 Å². The van der Waals surface area contributed by atoms with E-state index in [9.17, 15) is 4.79 Å². The van der Waals surface area contributed by atoms with Crippen LogP contribution in [0.25, 0.3) is 0 Å². The molecule has 1 amide bonds. The molecule has 1 heterocycles. The summed E-state index contributed by atoms with van der Waals surface area (Å²) in [6.45, 7) is 5.66. The fourth-order valence-electron chi connectivity index (χ4n) is 3.57. The summed E-state index contributed by atoms with van der Waals surface area (Å²) in [6, 6.07) is 0.306. The Hall–Kier alpha value is -0.610. The van der Waals surface area contributed by atoms with Crippen LogP contribution in [0.4, 0.5) is 0 Å². The number of carbonyl (C=O) groups is 1. The molecule has 0 aromatic heterocycles. The van der Waals surface area contributed by atoms with Crippen LogP contribution in [0.2, 0.25) is 0 Å². The largest absolute Gasteiger partial charge is 0.365 e. The molecule has 0 radical (unpaired) electrons. The highest BCUT2D eigenvalue weighted by molar-refractivity contribution is 5.81. The van der Waals surface area contributed by atoms with Crippen molar-refractivity contribution in [3.05, 3.63) is 0 Å². The van der Waals surface area contributed by atoms with Crippen LogP contribution in [0, 0.1) is 5.92 Å². The molecular weight excluding hydrogens is 252 g/mol. The number of carbonyl (C=O) groups excluding carboxylic acids is 1. The first-order valence-electron chi connectivity index (χ1n) is 8.31. The van der Waals surface area contributed by atoms with E-state index < -0.39 is 0 Å². The summed E-state index contributed by atoms with van der Waals surface area (Å²) in [4.78, 5) is 14.7. The van der Waals surface area contributed by atoms with E-state index in [0.29, 0.717) is 24.6 Å². The Labute approximate surface area is 123 Å². The smallest absolute Gasteiger partial charge is 0.251 e. The van der Waals surface area contributed by atoms with Gasteiger partial charge in [0.1, 0.15) is 6.10 Å². The van der Waals surface area contributed by atoms with Gasteiger partial charge in [0.2, 0.25) is 0 Å². The molecule has 3 atom stereocenters. The summed E-state index contributed by atoms with van der Waals surface area (Å²) < 4.78 is 6.11. The normalized spacial score (nSPS) is 29.6. The Morgan fingerprint density at radius 1 is 1.35 bits per heavy atom. The van der Waals surface area contributed by atoms with Gasteiger partial charge in [0, 0.05) is 12.6 Å². The van der Waals surface area contributed by atoms with E-state index in [1.54, 1.807) is 0 Å². The monoisotopic (exact) mass is 282 g/mol. The topological polar surface area (TPSA) is 55.6 Å². The quantitative estimate of drug-likeness (QED) is 0.842. The predicted octanol–water partition coefficient (Wildman–Crippen LogP) is 2.31. The van der Waals surface area contributed by atoms with Gasteiger partial charge < -0.3 is 15.4 Å². The van der Waals surface area contributed by atoms with Gasteiger partial charge in [0.15, 0.2) is 0 Å². The highest BCUT2D eigenvalue weighted by Gasteiger charge is 2.35. The molecule has 4 nitrogen and oxygen atoms in total. The van der Waals surface area contributed by atoms with Gasteiger partial charge in [-0.3, -0.25) is 4.79 Å². The molecule has 116 valence electrons. The first-order valence-corrected chi connectivity index (χ1v) is 8.31. The van der Waals surface area contributed by atoms with E-state index in [0.717, 1.165) is 32.2 Å². The maximum absolute atomic E-state index is 12.7. The first-order chi connectivity index (χ1) is 9.65. The first kappa shape index (κ1) is 15.8. The summed E-state index contributed by atoms with van der Waals surface area (Å²) in [5.74, 6) is 0.641. The van der Waals surface area contributed by atoms with Crippen molar-refractivity contribution in [1.29, 1.82) is 0 Å². The molecular formula is C16H30N2O2. The molecule has 0 aromatic rings. The molecule has 20 heavy (non-hydrogen) atoms. The van der Waals surface area contributed by atoms with E-state index >= 15 is 0 Å². The maximum Gasteiger partial charge on any atom is 0.251 e. The van der Waals surface area contributed by atoms with Crippen LogP contribution in [-0.4, -0.2) is 42.1 Å². The van der Waals surface area contributed by atoms with Crippen LogP contribution in [0.3, 0.4) is 0 Å². The molecule has 2 aliphatic rings. The third kappa shape index (κ3) is 3.73. The van der Waals surface area contributed by atoms with Gasteiger partial charge in [0.05, 0.1) is 6.10 Å². The van der Waals surface area contributed by atoms with Gasteiger partial charge >= 0.3 is 0 Å². The molecule has 0 bridgehead atoms. The molecule has 3 unspecified atom stereocenters. The SMILES string of the molecule is CCC(OC1CCCCC1)C(=O)N1CC(CN)CC1C. The van der Waals surface area contributed by atoms with Crippen LogP contribution in [0.1, 0.15) is 58.8 Å². The maximum atomic E-state index is 12.7. The van der Waals surface area contributed by atoms with Gasteiger partial charge in [-0.05, 0) is 45.1 Å². The number of amides is 1. The number of likely N-dealkylation sites (tertiary alicyclic amines) is 1. The Morgan fingerprint density at radius 2 is 2.05 bits per heavy atom. The summed E-state index contributed by atoms with van der Waals surface area (Å²) in [5, 5.41) is 0. The second-order valence-electron chi connectivity index (χ2n) is 6.47. The van der Waals surface area contributed by atoms with Crippen LogP contribution in [0.15, 0.2) is 0 Å². The Morgan fingerprint density at radius 3 is 2.60 bits per heavy atom. The second-order valence-corrected chi connectivity index (χ2v) is 6.47. The molecule has 0 spiro atoms. The summed E-state index contributed by atoms with van der Waals surface area (Å²) in [5.41, 5.74) is 5.75. The van der Waals surface area contributed by atoms with Crippen molar-refractivity contribution in [1.82, 2.24) is 4.90 Å². The van der Waals surface area contributed by atoms with Crippen LogP contribution >= 0.6 is 0 Å². The van der Waals surface area contributed by atoms with Gasteiger partial charge in [-0.2, -0.15) is 0 Å². The molecule has 1 aliphatic heterocycles. The standard InChI is InChI=1S/C16H30N2O2/c1-3-15(20-14-7-5-4-6-8-14)16(19)18-11-13(10-17)9-12(18)2/h12-15H,3-11,17H2,1-2H3. The van der Waals surface area contributed by atoms with Crippen molar-refractivity contribution < 1.29 is 9.53 Å². The van der Waals surface area contributed by atoms with E-state index in [2.05, 4.69) is 6.92 Å². The van der Waals surface area contributed by atoms with Gasteiger partial charge in [0.25, 0.3) is 5.91 Å². The molecule has 4 heteroatoms. The number of hydrogen-bond donors (Lipinski definition) is 1. The lowest BCUT2D eigenvalue weighted by atomic mass is 9.97. The van der Waals surface area contributed by atoms with Crippen LogP contribution in [0.5, 0.6) is 0 Å². The molecule has 2 fully saturated rings. The van der Waals surface area contributed by atoms with Crippen LogP contribution < -0.4 is 5.73 Å². The van der Waals surface area contributed by atoms with Crippen molar-refractivity contribution >= 4 is 5.91 Å². The third-order valence-corrected chi connectivity index (χ3v) is 4.83. The van der Waals surface area contributed by atoms with Gasteiger partial charge in [-0.15, -0.1) is 0 Å². The predicted molar refractivity (Wildman–Crippen MR) is 80.4 cm³/mol. The molecule has 1 saturated carbocycles. The zero-order valence-corrected chi connectivity index (χ0v) is 13.0. The molecule has 0 aromatic carbocycles. The Kier molecular flexibility index (Phi) is 5.85. The van der Waals surface area contributed by atoms with Gasteiger partial charge in [-0.1, -0.05) is 26.2 Å². The minimum absolute atomic E-state index is 0.182. The molecule has 1 saturated heterocycles. The Bertz CT molecular complexity index is 316. The number of nitrogens with two attached hydrogens (primary N) is 1. The highest BCUT2D eigenvalue weighted by Crippen LogP contribution is 2.26. The van der Waals surface area contributed by atoms with E-state index in [-0.39, 0.29) is 12.0 Å². The minimum Gasteiger partial charge on any atom is -0.365 e. The number of ether oxygens (including phenoxy) is 1. The minimum atomic E-state index is -0.253.